The summed E-state index contributed by atoms with van der Waals surface area (Å²) in [5, 5.41) is 2.53. The standard InChI is InChI=1S/C14H25NO4/c1-4-7-9-12(13(16)18-11-8-5-2)15-14(17)19-10-6-3/h6,12H,3-5,7-11H2,1-2H3,(H,15,17). The van der Waals surface area contributed by atoms with E-state index in [-0.39, 0.29) is 6.61 Å². The van der Waals surface area contributed by atoms with Crippen molar-refractivity contribution in [1.29, 1.82) is 0 Å². The Kier molecular flexibility index (Phi) is 10.6. The molecule has 110 valence electrons. The van der Waals surface area contributed by atoms with Gasteiger partial charge in [0, 0.05) is 0 Å². The van der Waals surface area contributed by atoms with Crippen LogP contribution in [0.1, 0.15) is 46.0 Å². The number of alkyl carbamates (subject to hydrolysis) is 1. The molecule has 0 aliphatic rings. The van der Waals surface area contributed by atoms with E-state index in [0.717, 1.165) is 25.7 Å². The number of hydrogen-bond donors (Lipinski definition) is 1. The first kappa shape index (κ1) is 17.5. The molecule has 0 rings (SSSR count). The highest BCUT2D eigenvalue weighted by Crippen LogP contribution is 2.04. The van der Waals surface area contributed by atoms with Gasteiger partial charge in [-0.1, -0.05) is 45.8 Å². The maximum Gasteiger partial charge on any atom is 0.408 e. The van der Waals surface area contributed by atoms with Gasteiger partial charge in [0.1, 0.15) is 12.6 Å². The fourth-order valence-corrected chi connectivity index (χ4v) is 1.39. The molecule has 0 heterocycles. The number of amides is 1. The summed E-state index contributed by atoms with van der Waals surface area (Å²) in [4.78, 5) is 23.2. The van der Waals surface area contributed by atoms with Gasteiger partial charge in [0.05, 0.1) is 6.61 Å². The van der Waals surface area contributed by atoms with E-state index in [9.17, 15) is 9.59 Å². The second-order valence-electron chi connectivity index (χ2n) is 4.25. The van der Waals surface area contributed by atoms with Crippen LogP contribution < -0.4 is 5.32 Å². The molecular weight excluding hydrogens is 246 g/mol. The molecule has 1 atom stereocenters. The van der Waals surface area contributed by atoms with E-state index in [2.05, 4.69) is 11.9 Å². The molecule has 0 aromatic heterocycles. The van der Waals surface area contributed by atoms with Crippen molar-refractivity contribution in [1.82, 2.24) is 5.32 Å². The quantitative estimate of drug-likeness (QED) is 0.377. The highest BCUT2D eigenvalue weighted by molar-refractivity contribution is 5.81. The first-order valence-electron chi connectivity index (χ1n) is 6.86. The molecule has 0 saturated heterocycles. The van der Waals surface area contributed by atoms with Gasteiger partial charge in [-0.2, -0.15) is 0 Å². The average molecular weight is 271 g/mol. The summed E-state index contributed by atoms with van der Waals surface area (Å²) in [7, 11) is 0. The Labute approximate surface area is 115 Å². The van der Waals surface area contributed by atoms with Gasteiger partial charge < -0.3 is 14.8 Å². The Morgan fingerprint density at radius 3 is 2.47 bits per heavy atom. The fraction of sp³-hybridized carbons (Fsp3) is 0.714. The third-order valence-corrected chi connectivity index (χ3v) is 2.50. The zero-order valence-electron chi connectivity index (χ0n) is 11.9. The summed E-state index contributed by atoms with van der Waals surface area (Å²) in [6.07, 6.45) is 4.99. The molecule has 0 spiro atoms. The molecule has 0 aromatic carbocycles. The summed E-state index contributed by atoms with van der Waals surface area (Å²) >= 11 is 0. The summed E-state index contributed by atoms with van der Waals surface area (Å²) in [5.41, 5.74) is 0. The molecule has 0 aromatic rings. The zero-order chi connectivity index (χ0) is 14.5. The van der Waals surface area contributed by atoms with Crippen LogP contribution >= 0.6 is 0 Å². The molecule has 1 unspecified atom stereocenters. The van der Waals surface area contributed by atoms with Crippen molar-refractivity contribution in [2.45, 2.75) is 52.0 Å². The molecule has 0 aliphatic heterocycles. The molecule has 0 bridgehead atoms. The first-order chi connectivity index (χ1) is 9.15. The molecule has 1 N–H and O–H groups in total. The summed E-state index contributed by atoms with van der Waals surface area (Å²) in [6, 6.07) is -0.630. The number of unbranched alkanes of at least 4 members (excludes halogenated alkanes) is 2. The number of hydrogen-bond acceptors (Lipinski definition) is 4. The molecule has 5 heteroatoms. The number of ether oxygens (including phenoxy) is 2. The summed E-state index contributed by atoms with van der Waals surface area (Å²) in [5.74, 6) is -0.391. The zero-order valence-corrected chi connectivity index (χ0v) is 11.9. The van der Waals surface area contributed by atoms with Crippen LogP contribution in [0.2, 0.25) is 0 Å². The van der Waals surface area contributed by atoms with Crippen molar-refractivity contribution < 1.29 is 19.1 Å². The van der Waals surface area contributed by atoms with Crippen molar-refractivity contribution in [3.8, 4) is 0 Å². The lowest BCUT2D eigenvalue weighted by Gasteiger charge is -2.17. The van der Waals surface area contributed by atoms with Crippen molar-refractivity contribution in [3.63, 3.8) is 0 Å². The fourth-order valence-electron chi connectivity index (χ4n) is 1.39. The Bertz CT molecular complexity index is 279. The van der Waals surface area contributed by atoms with Gasteiger partial charge in [0.2, 0.25) is 0 Å². The maximum absolute atomic E-state index is 11.8. The van der Waals surface area contributed by atoms with E-state index < -0.39 is 18.1 Å². The van der Waals surface area contributed by atoms with Gasteiger partial charge in [-0.25, -0.2) is 9.59 Å². The Hall–Kier alpha value is -1.52. The number of esters is 1. The minimum absolute atomic E-state index is 0.122. The highest BCUT2D eigenvalue weighted by Gasteiger charge is 2.22. The van der Waals surface area contributed by atoms with Gasteiger partial charge in [0.25, 0.3) is 0 Å². The van der Waals surface area contributed by atoms with E-state index in [1.54, 1.807) is 0 Å². The number of rotatable bonds is 10. The number of nitrogens with one attached hydrogen (secondary N) is 1. The lowest BCUT2D eigenvalue weighted by Crippen LogP contribution is -2.42. The third kappa shape index (κ3) is 9.11. The minimum Gasteiger partial charge on any atom is -0.464 e. The van der Waals surface area contributed by atoms with E-state index >= 15 is 0 Å². The second kappa shape index (κ2) is 11.6. The molecule has 5 nitrogen and oxygen atoms in total. The van der Waals surface area contributed by atoms with Gasteiger partial charge in [-0.15, -0.1) is 0 Å². The van der Waals surface area contributed by atoms with Crippen LogP contribution in [0.5, 0.6) is 0 Å². The molecule has 0 aliphatic carbocycles. The SMILES string of the molecule is C=CCOC(=O)NC(CCCC)C(=O)OCCCC. The molecule has 0 fully saturated rings. The van der Waals surface area contributed by atoms with Gasteiger partial charge in [0.15, 0.2) is 0 Å². The maximum atomic E-state index is 11.8. The molecule has 19 heavy (non-hydrogen) atoms. The van der Waals surface area contributed by atoms with Crippen molar-refractivity contribution >= 4 is 12.1 Å². The van der Waals surface area contributed by atoms with Crippen molar-refractivity contribution in [2.24, 2.45) is 0 Å². The van der Waals surface area contributed by atoms with Crippen LogP contribution in [0.3, 0.4) is 0 Å². The van der Waals surface area contributed by atoms with Crippen molar-refractivity contribution in [3.05, 3.63) is 12.7 Å². The minimum atomic E-state index is -0.630. The van der Waals surface area contributed by atoms with Gasteiger partial charge in [-0.05, 0) is 12.8 Å². The summed E-state index contributed by atoms with van der Waals surface area (Å²) < 4.78 is 9.92. The topological polar surface area (TPSA) is 64.6 Å². The van der Waals surface area contributed by atoms with Crippen molar-refractivity contribution in [2.75, 3.05) is 13.2 Å². The van der Waals surface area contributed by atoms with Gasteiger partial charge >= 0.3 is 12.1 Å². The first-order valence-corrected chi connectivity index (χ1v) is 6.86. The normalized spacial score (nSPS) is 11.5. The predicted molar refractivity (Wildman–Crippen MR) is 73.9 cm³/mol. The van der Waals surface area contributed by atoms with E-state index in [1.807, 2.05) is 13.8 Å². The number of carbonyl (C=O) groups excluding carboxylic acids is 2. The molecule has 1 amide bonds. The lowest BCUT2D eigenvalue weighted by molar-refractivity contribution is -0.146. The monoisotopic (exact) mass is 271 g/mol. The smallest absolute Gasteiger partial charge is 0.408 e. The second-order valence-corrected chi connectivity index (χ2v) is 4.25. The molecule has 0 saturated carbocycles. The van der Waals surface area contributed by atoms with Crippen LogP contribution in [-0.4, -0.2) is 31.3 Å². The van der Waals surface area contributed by atoms with E-state index in [0.29, 0.717) is 13.0 Å². The Morgan fingerprint density at radius 2 is 1.89 bits per heavy atom. The Morgan fingerprint density at radius 1 is 1.21 bits per heavy atom. The molecular formula is C14H25NO4. The summed E-state index contributed by atoms with van der Waals surface area (Å²) in [6.45, 7) is 8.01. The number of carbonyl (C=O) groups is 2. The van der Waals surface area contributed by atoms with E-state index in [4.69, 9.17) is 9.47 Å². The van der Waals surface area contributed by atoms with E-state index in [1.165, 1.54) is 6.08 Å². The predicted octanol–water partition coefficient (Wildman–Crippen LogP) is 2.80. The van der Waals surface area contributed by atoms with Gasteiger partial charge in [-0.3, -0.25) is 0 Å². The largest absolute Gasteiger partial charge is 0.464 e. The van der Waals surface area contributed by atoms with Crippen LogP contribution in [0.25, 0.3) is 0 Å². The average Bonchev–Trinajstić information content (AvgIpc) is 2.41. The van der Waals surface area contributed by atoms with Crippen LogP contribution in [0.15, 0.2) is 12.7 Å². The third-order valence-electron chi connectivity index (χ3n) is 2.50. The van der Waals surface area contributed by atoms with Crippen LogP contribution in [-0.2, 0) is 14.3 Å². The molecule has 0 radical (unpaired) electrons. The highest BCUT2D eigenvalue weighted by atomic mass is 16.6. The van der Waals surface area contributed by atoms with Crippen LogP contribution in [0, 0.1) is 0 Å². The Balaban J connectivity index is 4.22. The van der Waals surface area contributed by atoms with Crippen LogP contribution in [0.4, 0.5) is 4.79 Å². The lowest BCUT2D eigenvalue weighted by atomic mass is 10.1.